The molecule has 23 heavy (non-hydrogen) atoms. The van der Waals surface area contributed by atoms with Crippen LogP contribution in [0.25, 0.3) is 5.69 Å². The molecule has 126 valence electrons. The normalized spacial score (nSPS) is 11.0. The summed E-state index contributed by atoms with van der Waals surface area (Å²) in [5.74, 6) is -0.164. The van der Waals surface area contributed by atoms with E-state index in [1.165, 1.54) is 0 Å². The first-order valence-electron chi connectivity index (χ1n) is 7.36. The third kappa shape index (κ3) is 4.47. The van der Waals surface area contributed by atoms with E-state index >= 15 is 0 Å². The smallest absolute Gasteiger partial charge is 0.254 e. The zero-order valence-corrected chi connectivity index (χ0v) is 14.8. The Hall–Kier alpha value is -1.56. The molecule has 0 aliphatic rings. The minimum absolute atomic E-state index is 0. The molecule has 0 unspecified atom stereocenters. The Balaban J connectivity index is 0.00000264. The van der Waals surface area contributed by atoms with E-state index in [0.29, 0.717) is 17.1 Å². The fraction of sp³-hybridized carbons (Fsp3) is 0.375. The van der Waals surface area contributed by atoms with E-state index in [1.54, 1.807) is 29.2 Å². The van der Waals surface area contributed by atoms with Crippen molar-refractivity contribution in [1.82, 2.24) is 15.1 Å². The van der Waals surface area contributed by atoms with Gasteiger partial charge in [0.2, 0.25) is 0 Å². The fourth-order valence-corrected chi connectivity index (χ4v) is 2.46. The standard InChI is InChI=1S/C16H21ClN4O.ClH/c1-3-16(4-2,11-18)20-15(22)12-9-19-21(10-12)14-7-5-6-13(17)8-14;/h5-10H,3-4,11,18H2,1-2H3,(H,20,22);1H. The van der Waals surface area contributed by atoms with E-state index < -0.39 is 0 Å². The molecule has 0 fully saturated rings. The monoisotopic (exact) mass is 356 g/mol. The third-order valence-electron chi connectivity index (χ3n) is 4.04. The van der Waals surface area contributed by atoms with Gasteiger partial charge in [0.25, 0.3) is 5.91 Å². The summed E-state index contributed by atoms with van der Waals surface area (Å²) in [6, 6.07) is 7.30. The number of nitrogens with one attached hydrogen (secondary N) is 1. The molecule has 7 heteroatoms. The fourth-order valence-electron chi connectivity index (χ4n) is 2.28. The summed E-state index contributed by atoms with van der Waals surface area (Å²) in [5.41, 5.74) is 6.76. The van der Waals surface area contributed by atoms with Crippen molar-refractivity contribution in [1.29, 1.82) is 0 Å². The molecule has 2 aromatic rings. The van der Waals surface area contributed by atoms with Gasteiger partial charge in [0.15, 0.2) is 0 Å². The molecule has 1 amide bonds. The van der Waals surface area contributed by atoms with E-state index in [1.807, 2.05) is 26.0 Å². The van der Waals surface area contributed by atoms with Crippen LogP contribution < -0.4 is 11.1 Å². The average molecular weight is 357 g/mol. The molecule has 0 atom stereocenters. The van der Waals surface area contributed by atoms with Crippen LogP contribution in [0.3, 0.4) is 0 Å². The maximum atomic E-state index is 12.4. The van der Waals surface area contributed by atoms with Crippen LogP contribution >= 0.6 is 24.0 Å². The van der Waals surface area contributed by atoms with Gasteiger partial charge >= 0.3 is 0 Å². The third-order valence-corrected chi connectivity index (χ3v) is 4.28. The van der Waals surface area contributed by atoms with Gasteiger partial charge in [-0.2, -0.15) is 5.10 Å². The molecule has 0 bridgehead atoms. The number of hydrogen-bond acceptors (Lipinski definition) is 3. The number of rotatable bonds is 6. The number of carbonyl (C=O) groups excluding carboxylic acids is 1. The van der Waals surface area contributed by atoms with Crippen molar-refractivity contribution >= 4 is 29.9 Å². The first kappa shape index (κ1) is 19.5. The number of nitrogens with two attached hydrogens (primary N) is 1. The van der Waals surface area contributed by atoms with Gasteiger partial charge in [0.05, 0.1) is 23.0 Å². The predicted molar refractivity (Wildman–Crippen MR) is 95.7 cm³/mol. The molecule has 0 aliphatic heterocycles. The molecule has 0 saturated heterocycles. The summed E-state index contributed by atoms with van der Waals surface area (Å²) in [5, 5.41) is 7.87. The van der Waals surface area contributed by atoms with Crippen molar-refractivity contribution in [2.75, 3.05) is 6.54 Å². The molecular weight excluding hydrogens is 335 g/mol. The molecule has 1 heterocycles. The second kappa shape index (κ2) is 8.34. The highest BCUT2D eigenvalue weighted by Crippen LogP contribution is 2.17. The number of halogens is 2. The van der Waals surface area contributed by atoms with Crippen LogP contribution in [-0.4, -0.2) is 27.8 Å². The lowest BCUT2D eigenvalue weighted by Gasteiger charge is -2.31. The second-order valence-corrected chi connectivity index (χ2v) is 5.74. The van der Waals surface area contributed by atoms with Gasteiger partial charge in [-0.3, -0.25) is 4.79 Å². The van der Waals surface area contributed by atoms with Crippen LogP contribution in [0.2, 0.25) is 5.02 Å². The lowest BCUT2D eigenvalue weighted by molar-refractivity contribution is 0.0895. The van der Waals surface area contributed by atoms with E-state index in [-0.39, 0.29) is 23.9 Å². The lowest BCUT2D eigenvalue weighted by Crippen LogP contribution is -2.52. The number of benzene rings is 1. The molecular formula is C16H22Cl2N4O. The number of amides is 1. The van der Waals surface area contributed by atoms with E-state index in [0.717, 1.165) is 18.5 Å². The molecule has 0 aliphatic carbocycles. The molecule has 3 N–H and O–H groups in total. The Kier molecular flexibility index (Phi) is 7.06. The topological polar surface area (TPSA) is 72.9 Å². The first-order valence-corrected chi connectivity index (χ1v) is 7.74. The van der Waals surface area contributed by atoms with Crippen molar-refractivity contribution in [2.45, 2.75) is 32.2 Å². The first-order chi connectivity index (χ1) is 10.5. The molecule has 1 aromatic carbocycles. The van der Waals surface area contributed by atoms with Gasteiger partial charge in [0, 0.05) is 17.8 Å². The number of carbonyl (C=O) groups is 1. The highest BCUT2D eigenvalue weighted by molar-refractivity contribution is 6.30. The summed E-state index contributed by atoms with van der Waals surface area (Å²) < 4.78 is 1.63. The number of nitrogens with zero attached hydrogens (tertiary/aromatic N) is 2. The maximum absolute atomic E-state index is 12.4. The molecule has 0 radical (unpaired) electrons. The van der Waals surface area contributed by atoms with Gasteiger partial charge in [0.1, 0.15) is 0 Å². The highest BCUT2D eigenvalue weighted by Gasteiger charge is 2.27. The van der Waals surface area contributed by atoms with Crippen LogP contribution in [0.1, 0.15) is 37.0 Å². The quantitative estimate of drug-likeness (QED) is 0.834. The molecule has 1 aromatic heterocycles. The lowest BCUT2D eigenvalue weighted by atomic mass is 9.92. The van der Waals surface area contributed by atoms with Crippen molar-refractivity contribution in [3.63, 3.8) is 0 Å². The second-order valence-electron chi connectivity index (χ2n) is 5.30. The Morgan fingerprint density at radius 1 is 1.39 bits per heavy atom. The van der Waals surface area contributed by atoms with E-state index in [2.05, 4.69) is 10.4 Å². The van der Waals surface area contributed by atoms with Gasteiger partial charge in [-0.25, -0.2) is 4.68 Å². The SMILES string of the molecule is CCC(CC)(CN)NC(=O)c1cnn(-c2cccc(Cl)c2)c1.Cl. The molecule has 5 nitrogen and oxygen atoms in total. The largest absolute Gasteiger partial charge is 0.345 e. The van der Waals surface area contributed by atoms with Crippen LogP contribution in [0.15, 0.2) is 36.7 Å². The Labute approximate surface area is 147 Å². The van der Waals surface area contributed by atoms with Crippen molar-refractivity contribution < 1.29 is 4.79 Å². The highest BCUT2D eigenvalue weighted by atomic mass is 35.5. The molecule has 0 spiro atoms. The van der Waals surface area contributed by atoms with Crippen molar-refractivity contribution in [2.24, 2.45) is 5.73 Å². The Bertz CT molecular complexity index is 645. The minimum Gasteiger partial charge on any atom is -0.345 e. The zero-order valence-electron chi connectivity index (χ0n) is 13.3. The molecule has 2 rings (SSSR count). The van der Waals surface area contributed by atoms with Crippen LogP contribution in [-0.2, 0) is 0 Å². The summed E-state index contributed by atoms with van der Waals surface area (Å²) in [4.78, 5) is 12.4. The van der Waals surface area contributed by atoms with E-state index in [9.17, 15) is 4.79 Å². The van der Waals surface area contributed by atoms with Gasteiger partial charge in [-0.05, 0) is 31.0 Å². The van der Waals surface area contributed by atoms with Gasteiger partial charge < -0.3 is 11.1 Å². The summed E-state index contributed by atoms with van der Waals surface area (Å²) in [6.45, 7) is 4.45. The maximum Gasteiger partial charge on any atom is 0.254 e. The average Bonchev–Trinajstić information content (AvgIpc) is 3.03. The summed E-state index contributed by atoms with van der Waals surface area (Å²) in [6.07, 6.45) is 4.80. The van der Waals surface area contributed by atoms with Crippen LogP contribution in [0.4, 0.5) is 0 Å². The van der Waals surface area contributed by atoms with Gasteiger partial charge in [-0.1, -0.05) is 31.5 Å². The van der Waals surface area contributed by atoms with E-state index in [4.69, 9.17) is 17.3 Å². The van der Waals surface area contributed by atoms with Crippen LogP contribution in [0.5, 0.6) is 0 Å². The summed E-state index contributed by atoms with van der Waals surface area (Å²) >= 11 is 5.97. The van der Waals surface area contributed by atoms with Crippen molar-refractivity contribution in [3.8, 4) is 5.69 Å². The predicted octanol–water partition coefficient (Wildman–Crippen LogP) is 3.19. The van der Waals surface area contributed by atoms with Gasteiger partial charge in [-0.15, -0.1) is 12.4 Å². The summed E-state index contributed by atoms with van der Waals surface area (Å²) in [7, 11) is 0. The Morgan fingerprint density at radius 3 is 2.65 bits per heavy atom. The molecule has 0 saturated carbocycles. The number of hydrogen-bond donors (Lipinski definition) is 2. The van der Waals surface area contributed by atoms with Crippen LogP contribution in [0, 0.1) is 0 Å². The minimum atomic E-state index is -0.366. The Morgan fingerprint density at radius 2 is 2.09 bits per heavy atom. The zero-order chi connectivity index (χ0) is 16.2. The number of aromatic nitrogens is 2. The van der Waals surface area contributed by atoms with Crippen molar-refractivity contribution in [3.05, 3.63) is 47.2 Å².